The lowest BCUT2D eigenvalue weighted by atomic mass is 10.1. The zero-order valence-electron chi connectivity index (χ0n) is 14.6. The van der Waals surface area contributed by atoms with Gasteiger partial charge in [-0.2, -0.15) is 0 Å². The summed E-state index contributed by atoms with van der Waals surface area (Å²) in [6.45, 7) is 2.18. The minimum absolute atomic E-state index is 0.0423. The van der Waals surface area contributed by atoms with Crippen LogP contribution in [-0.4, -0.2) is 34.5 Å². The van der Waals surface area contributed by atoms with Crippen molar-refractivity contribution in [3.63, 3.8) is 0 Å². The van der Waals surface area contributed by atoms with Crippen molar-refractivity contribution in [2.45, 2.75) is 13.5 Å². The van der Waals surface area contributed by atoms with Crippen LogP contribution in [0.2, 0.25) is 0 Å². The average molecular weight is 366 g/mol. The molecule has 1 aliphatic rings. The molecular weight excluding hydrogens is 348 g/mol. The minimum Gasteiger partial charge on any atom is -0.504 e. The first kappa shape index (κ1) is 18.2. The van der Waals surface area contributed by atoms with E-state index in [4.69, 9.17) is 4.74 Å². The van der Waals surface area contributed by atoms with E-state index in [0.717, 1.165) is 10.5 Å². The summed E-state index contributed by atoms with van der Waals surface area (Å²) in [5.41, 5.74) is 1.08. The summed E-state index contributed by atoms with van der Waals surface area (Å²) in [5, 5.41) is 12.0. The van der Waals surface area contributed by atoms with E-state index >= 15 is 0 Å². The van der Waals surface area contributed by atoms with Crippen LogP contribution < -0.4 is 10.1 Å². The lowest BCUT2D eigenvalue weighted by molar-refractivity contribution is -0.130. The first-order chi connectivity index (χ1) is 13.0. The molecule has 7 nitrogen and oxygen atoms in total. The third-order valence-electron chi connectivity index (χ3n) is 3.96. The van der Waals surface area contributed by atoms with Gasteiger partial charge in [-0.25, -0.2) is 4.79 Å². The molecule has 2 aromatic carbocycles. The number of ether oxygens (including phenoxy) is 1. The summed E-state index contributed by atoms with van der Waals surface area (Å²) in [4.78, 5) is 38.0. The fraction of sp³-hybridized carbons (Fsp3) is 0.150. The van der Waals surface area contributed by atoms with Gasteiger partial charge in [0.1, 0.15) is 5.57 Å². The summed E-state index contributed by atoms with van der Waals surface area (Å²) in [5.74, 6) is -1.24. The second-order valence-corrected chi connectivity index (χ2v) is 5.85. The van der Waals surface area contributed by atoms with E-state index < -0.39 is 17.8 Å². The molecule has 0 atom stereocenters. The summed E-state index contributed by atoms with van der Waals surface area (Å²) in [7, 11) is 0. The van der Waals surface area contributed by atoms with Gasteiger partial charge in [-0.05, 0) is 36.3 Å². The van der Waals surface area contributed by atoms with E-state index in [1.54, 1.807) is 37.3 Å². The monoisotopic (exact) mass is 366 g/mol. The number of rotatable bonds is 5. The van der Waals surface area contributed by atoms with Gasteiger partial charge in [0.25, 0.3) is 11.8 Å². The number of barbiturate groups is 1. The van der Waals surface area contributed by atoms with E-state index in [0.29, 0.717) is 12.2 Å². The van der Waals surface area contributed by atoms with Crippen molar-refractivity contribution < 1.29 is 24.2 Å². The van der Waals surface area contributed by atoms with E-state index in [1.807, 2.05) is 6.07 Å². The van der Waals surface area contributed by atoms with Crippen molar-refractivity contribution in [1.82, 2.24) is 10.2 Å². The summed E-state index contributed by atoms with van der Waals surface area (Å²) < 4.78 is 5.31. The molecule has 0 spiro atoms. The maximum absolute atomic E-state index is 12.7. The summed E-state index contributed by atoms with van der Waals surface area (Å²) in [6.07, 6.45) is 1.37. The molecule has 0 unspecified atom stereocenters. The van der Waals surface area contributed by atoms with Crippen molar-refractivity contribution in [1.29, 1.82) is 0 Å². The molecule has 0 aliphatic carbocycles. The second-order valence-electron chi connectivity index (χ2n) is 5.85. The Labute approximate surface area is 155 Å². The minimum atomic E-state index is -0.764. The summed E-state index contributed by atoms with van der Waals surface area (Å²) in [6, 6.07) is 12.7. The fourth-order valence-electron chi connectivity index (χ4n) is 2.66. The highest BCUT2D eigenvalue weighted by atomic mass is 16.5. The van der Waals surface area contributed by atoms with Crippen LogP contribution in [0, 0.1) is 0 Å². The van der Waals surface area contributed by atoms with E-state index in [9.17, 15) is 19.5 Å². The van der Waals surface area contributed by atoms with Crippen molar-refractivity contribution in [2.75, 3.05) is 6.61 Å². The number of phenolic OH excluding ortho intramolecular Hbond substituents is 1. The number of hydrogen-bond donors (Lipinski definition) is 2. The summed E-state index contributed by atoms with van der Waals surface area (Å²) >= 11 is 0. The van der Waals surface area contributed by atoms with Crippen LogP contribution in [0.3, 0.4) is 0 Å². The Morgan fingerprint density at radius 3 is 2.56 bits per heavy atom. The maximum Gasteiger partial charge on any atom is 0.331 e. The van der Waals surface area contributed by atoms with Gasteiger partial charge in [0.15, 0.2) is 11.5 Å². The number of aromatic hydroxyl groups is 1. The molecule has 2 aromatic rings. The molecule has 1 fully saturated rings. The molecule has 4 amide bonds. The molecular formula is C20H18N2O5. The molecule has 27 heavy (non-hydrogen) atoms. The Morgan fingerprint density at radius 2 is 1.85 bits per heavy atom. The Bertz CT molecular complexity index is 921. The maximum atomic E-state index is 12.7. The predicted molar refractivity (Wildman–Crippen MR) is 97.8 cm³/mol. The molecule has 1 aliphatic heterocycles. The number of hydrogen-bond acceptors (Lipinski definition) is 5. The normalized spacial score (nSPS) is 15.8. The van der Waals surface area contributed by atoms with Crippen LogP contribution in [0.15, 0.2) is 54.1 Å². The molecule has 1 saturated heterocycles. The number of benzene rings is 2. The Morgan fingerprint density at radius 1 is 1.11 bits per heavy atom. The number of nitrogens with one attached hydrogen (secondary N) is 1. The van der Waals surface area contributed by atoms with Crippen LogP contribution in [0.25, 0.3) is 6.08 Å². The van der Waals surface area contributed by atoms with Gasteiger partial charge >= 0.3 is 6.03 Å². The highest BCUT2D eigenvalue weighted by Gasteiger charge is 2.35. The van der Waals surface area contributed by atoms with Gasteiger partial charge in [-0.1, -0.05) is 36.4 Å². The first-order valence-electron chi connectivity index (χ1n) is 8.38. The Kier molecular flexibility index (Phi) is 5.21. The average Bonchev–Trinajstić information content (AvgIpc) is 2.66. The van der Waals surface area contributed by atoms with E-state index in [2.05, 4.69) is 5.32 Å². The number of carbonyl (C=O) groups is 3. The lowest BCUT2D eigenvalue weighted by Crippen LogP contribution is -2.53. The largest absolute Gasteiger partial charge is 0.504 e. The molecule has 1 heterocycles. The third kappa shape index (κ3) is 3.98. The van der Waals surface area contributed by atoms with Crippen molar-refractivity contribution >= 4 is 23.9 Å². The fourth-order valence-corrected chi connectivity index (χ4v) is 2.66. The number of amides is 4. The number of imide groups is 2. The van der Waals surface area contributed by atoms with Gasteiger partial charge in [0.2, 0.25) is 0 Å². The van der Waals surface area contributed by atoms with E-state index in [-0.39, 0.29) is 23.6 Å². The Balaban J connectivity index is 1.91. The molecule has 3 rings (SSSR count). The van der Waals surface area contributed by atoms with Gasteiger partial charge in [-0.15, -0.1) is 0 Å². The molecule has 7 heteroatoms. The lowest BCUT2D eigenvalue weighted by Gasteiger charge is -2.26. The molecule has 138 valence electrons. The van der Waals surface area contributed by atoms with Crippen LogP contribution in [0.5, 0.6) is 11.5 Å². The Hall–Kier alpha value is -3.61. The van der Waals surface area contributed by atoms with Crippen molar-refractivity contribution in [3.8, 4) is 11.5 Å². The van der Waals surface area contributed by atoms with Crippen LogP contribution in [0.4, 0.5) is 4.79 Å². The smallest absolute Gasteiger partial charge is 0.331 e. The number of nitrogens with zero attached hydrogens (tertiary/aromatic N) is 1. The molecule has 0 bridgehead atoms. The third-order valence-corrected chi connectivity index (χ3v) is 3.96. The van der Waals surface area contributed by atoms with E-state index in [1.165, 1.54) is 18.2 Å². The van der Waals surface area contributed by atoms with Gasteiger partial charge in [0.05, 0.1) is 13.2 Å². The number of phenols is 1. The molecule has 0 radical (unpaired) electrons. The highest BCUT2D eigenvalue weighted by molar-refractivity contribution is 6.30. The molecule has 0 saturated carbocycles. The SMILES string of the molecule is CCOc1cc(/C=C2/C(=O)NC(=O)N(Cc3ccccc3)C2=O)ccc1O. The molecule has 0 aromatic heterocycles. The zero-order chi connectivity index (χ0) is 19.4. The van der Waals surface area contributed by atoms with Gasteiger partial charge < -0.3 is 9.84 Å². The van der Waals surface area contributed by atoms with Crippen LogP contribution >= 0.6 is 0 Å². The van der Waals surface area contributed by atoms with Crippen molar-refractivity contribution in [2.24, 2.45) is 0 Å². The predicted octanol–water partition coefficient (Wildman–Crippen LogP) is 2.45. The van der Waals surface area contributed by atoms with Gasteiger partial charge in [0, 0.05) is 0 Å². The quantitative estimate of drug-likeness (QED) is 0.626. The topological polar surface area (TPSA) is 95.9 Å². The van der Waals surface area contributed by atoms with Crippen LogP contribution in [-0.2, 0) is 16.1 Å². The molecule has 2 N–H and O–H groups in total. The second kappa shape index (κ2) is 7.74. The first-order valence-corrected chi connectivity index (χ1v) is 8.38. The zero-order valence-corrected chi connectivity index (χ0v) is 14.6. The number of urea groups is 1. The number of carbonyl (C=O) groups excluding carboxylic acids is 3. The van der Waals surface area contributed by atoms with Crippen molar-refractivity contribution in [3.05, 3.63) is 65.2 Å². The standard InChI is InChI=1S/C20H18N2O5/c1-2-27-17-11-14(8-9-16(17)23)10-15-18(24)21-20(26)22(19(15)25)12-13-6-4-3-5-7-13/h3-11,23H,2,12H2,1H3,(H,21,24,26)/b15-10-. The highest BCUT2D eigenvalue weighted by Crippen LogP contribution is 2.28. The van der Waals surface area contributed by atoms with Gasteiger partial charge in [-0.3, -0.25) is 19.8 Å². The van der Waals surface area contributed by atoms with Crippen LogP contribution in [0.1, 0.15) is 18.1 Å².